The molecule has 1 saturated heterocycles. The van der Waals surface area contributed by atoms with Gasteiger partial charge in [-0.2, -0.15) is 0 Å². The van der Waals surface area contributed by atoms with Crippen LogP contribution in [0.15, 0.2) is 11.2 Å². The third kappa shape index (κ3) is 6.28. The molecule has 0 aliphatic carbocycles. The summed E-state index contributed by atoms with van der Waals surface area (Å²) in [5.74, 6) is 0.660. The molecule has 1 aliphatic rings. The Morgan fingerprint density at radius 1 is 1.48 bits per heavy atom. The van der Waals surface area contributed by atoms with Crippen LogP contribution in [0, 0.1) is 6.92 Å². The Labute approximate surface area is 154 Å². The standard InChI is InChI=1S/C17H30N6OS/c1-5-23-8-6-7-14(23)10-19-17(21-12-16(24)22(3)4)20-11-15-18-9-13(2)25-15/h9,14H,5-8,10-12H2,1-4H3,(H2,19,20,21). The summed E-state index contributed by atoms with van der Waals surface area (Å²) in [6.45, 7) is 8.08. The first-order valence-corrected chi connectivity index (χ1v) is 9.69. The van der Waals surface area contributed by atoms with Crippen LogP contribution < -0.4 is 10.6 Å². The van der Waals surface area contributed by atoms with Gasteiger partial charge in [0.15, 0.2) is 5.96 Å². The van der Waals surface area contributed by atoms with Crippen molar-refractivity contribution in [1.29, 1.82) is 0 Å². The molecule has 0 radical (unpaired) electrons. The highest BCUT2D eigenvalue weighted by Gasteiger charge is 2.22. The van der Waals surface area contributed by atoms with E-state index >= 15 is 0 Å². The second kappa shape index (κ2) is 9.72. The van der Waals surface area contributed by atoms with Crippen molar-refractivity contribution in [3.63, 3.8) is 0 Å². The number of guanidine groups is 1. The van der Waals surface area contributed by atoms with Crippen LogP contribution in [-0.4, -0.2) is 73.0 Å². The summed E-state index contributed by atoms with van der Waals surface area (Å²) in [4.78, 5) is 25.9. The molecular formula is C17H30N6OS. The van der Waals surface area contributed by atoms with E-state index in [-0.39, 0.29) is 12.5 Å². The number of carbonyl (C=O) groups excluding carboxylic acids is 1. The van der Waals surface area contributed by atoms with Crippen molar-refractivity contribution < 1.29 is 4.79 Å². The minimum atomic E-state index is -0.0118. The number of aromatic nitrogens is 1. The average molecular weight is 367 g/mol. The summed E-state index contributed by atoms with van der Waals surface area (Å²) in [6, 6.07) is 0.531. The fraction of sp³-hybridized carbons (Fsp3) is 0.706. The monoisotopic (exact) mass is 366 g/mol. The molecule has 2 N–H and O–H groups in total. The van der Waals surface area contributed by atoms with E-state index in [1.807, 2.05) is 13.1 Å². The van der Waals surface area contributed by atoms with Crippen LogP contribution in [0.2, 0.25) is 0 Å². The lowest BCUT2D eigenvalue weighted by Crippen LogP contribution is -2.45. The molecule has 2 heterocycles. The van der Waals surface area contributed by atoms with Crippen LogP contribution in [0.25, 0.3) is 0 Å². The van der Waals surface area contributed by atoms with Crippen molar-refractivity contribution in [3.05, 3.63) is 16.1 Å². The van der Waals surface area contributed by atoms with Gasteiger partial charge < -0.3 is 15.5 Å². The molecule has 1 atom stereocenters. The van der Waals surface area contributed by atoms with Gasteiger partial charge in [-0.25, -0.2) is 9.98 Å². The molecule has 7 nitrogen and oxygen atoms in total. The molecule has 1 unspecified atom stereocenters. The van der Waals surface area contributed by atoms with Gasteiger partial charge in [0.2, 0.25) is 5.91 Å². The van der Waals surface area contributed by atoms with Crippen molar-refractivity contribution in [2.45, 2.75) is 39.3 Å². The lowest BCUT2D eigenvalue weighted by Gasteiger charge is -2.24. The van der Waals surface area contributed by atoms with E-state index in [1.165, 1.54) is 24.3 Å². The first kappa shape index (κ1) is 19.7. The largest absolute Gasteiger partial charge is 0.355 e. The summed E-state index contributed by atoms with van der Waals surface area (Å²) < 4.78 is 0. The van der Waals surface area contributed by atoms with Crippen molar-refractivity contribution in [2.24, 2.45) is 4.99 Å². The topological polar surface area (TPSA) is 72.9 Å². The van der Waals surface area contributed by atoms with Crippen LogP contribution in [0.4, 0.5) is 0 Å². The zero-order valence-electron chi connectivity index (χ0n) is 15.7. The maximum absolute atomic E-state index is 11.8. The molecular weight excluding hydrogens is 336 g/mol. The molecule has 1 fully saturated rings. The molecule has 0 spiro atoms. The second-order valence-corrected chi connectivity index (χ2v) is 7.80. The number of hydrogen-bond donors (Lipinski definition) is 2. The SMILES string of the molecule is CCN1CCCC1CNC(=NCC(=O)N(C)C)NCc1ncc(C)s1. The first-order valence-electron chi connectivity index (χ1n) is 8.87. The molecule has 0 saturated carbocycles. The van der Waals surface area contributed by atoms with E-state index in [9.17, 15) is 4.79 Å². The van der Waals surface area contributed by atoms with Crippen LogP contribution >= 0.6 is 11.3 Å². The smallest absolute Gasteiger partial charge is 0.243 e. The third-order valence-electron chi connectivity index (χ3n) is 4.36. The summed E-state index contributed by atoms with van der Waals surface area (Å²) >= 11 is 1.67. The summed E-state index contributed by atoms with van der Waals surface area (Å²) in [5, 5.41) is 7.71. The fourth-order valence-electron chi connectivity index (χ4n) is 2.86. The maximum atomic E-state index is 11.8. The molecule has 25 heavy (non-hydrogen) atoms. The number of nitrogens with zero attached hydrogens (tertiary/aromatic N) is 4. The number of likely N-dealkylation sites (N-methyl/N-ethyl adjacent to an activating group) is 2. The zero-order valence-corrected chi connectivity index (χ0v) is 16.5. The average Bonchev–Trinajstić information content (AvgIpc) is 3.21. The molecule has 1 aromatic heterocycles. The molecule has 0 aromatic carbocycles. The number of thiazole rings is 1. The highest BCUT2D eigenvalue weighted by atomic mass is 32.1. The fourth-order valence-corrected chi connectivity index (χ4v) is 3.59. The Balaban J connectivity index is 1.92. The van der Waals surface area contributed by atoms with Crippen LogP contribution in [0.5, 0.6) is 0 Å². The number of aryl methyl sites for hydroxylation is 1. The van der Waals surface area contributed by atoms with Crippen molar-refractivity contribution >= 4 is 23.2 Å². The Hall–Kier alpha value is -1.67. The Morgan fingerprint density at radius 2 is 2.28 bits per heavy atom. The molecule has 140 valence electrons. The van der Waals surface area contributed by atoms with E-state index in [0.717, 1.165) is 18.1 Å². The summed E-state index contributed by atoms with van der Waals surface area (Å²) in [6.07, 6.45) is 4.33. The lowest BCUT2D eigenvalue weighted by atomic mass is 10.2. The van der Waals surface area contributed by atoms with Crippen molar-refractivity contribution in [2.75, 3.05) is 40.3 Å². The minimum Gasteiger partial charge on any atom is -0.355 e. The first-order chi connectivity index (χ1) is 12.0. The van der Waals surface area contributed by atoms with E-state index in [2.05, 4.69) is 32.4 Å². The molecule has 0 bridgehead atoms. The van der Waals surface area contributed by atoms with Crippen molar-refractivity contribution in [1.82, 2.24) is 25.4 Å². The molecule has 8 heteroatoms. The van der Waals surface area contributed by atoms with Gasteiger partial charge in [-0.15, -0.1) is 11.3 Å². The minimum absolute atomic E-state index is 0.0118. The van der Waals surface area contributed by atoms with E-state index < -0.39 is 0 Å². The molecule has 1 amide bonds. The van der Waals surface area contributed by atoms with Gasteiger partial charge in [0, 0.05) is 37.8 Å². The summed E-state index contributed by atoms with van der Waals surface area (Å²) in [7, 11) is 3.49. The van der Waals surface area contributed by atoms with Crippen molar-refractivity contribution in [3.8, 4) is 0 Å². The molecule has 1 aromatic rings. The molecule has 2 rings (SSSR count). The van der Waals surface area contributed by atoms with Gasteiger partial charge in [0.05, 0.1) is 6.54 Å². The maximum Gasteiger partial charge on any atom is 0.243 e. The van der Waals surface area contributed by atoms with Crippen LogP contribution in [-0.2, 0) is 11.3 Å². The number of carbonyl (C=O) groups is 1. The lowest BCUT2D eigenvalue weighted by molar-refractivity contribution is -0.127. The number of nitrogens with one attached hydrogen (secondary N) is 2. The quantitative estimate of drug-likeness (QED) is 0.558. The third-order valence-corrected chi connectivity index (χ3v) is 5.27. The van der Waals surface area contributed by atoms with Gasteiger partial charge >= 0.3 is 0 Å². The normalized spacial score (nSPS) is 18.4. The number of hydrogen-bond acceptors (Lipinski definition) is 5. The van der Waals surface area contributed by atoms with Gasteiger partial charge in [-0.3, -0.25) is 9.69 Å². The van der Waals surface area contributed by atoms with E-state index in [0.29, 0.717) is 18.5 Å². The Bertz CT molecular complexity index is 585. The van der Waals surface area contributed by atoms with Crippen LogP contribution in [0.3, 0.4) is 0 Å². The Morgan fingerprint density at radius 3 is 2.92 bits per heavy atom. The second-order valence-electron chi connectivity index (χ2n) is 6.48. The zero-order chi connectivity index (χ0) is 18.2. The van der Waals surface area contributed by atoms with Gasteiger partial charge in [-0.1, -0.05) is 6.92 Å². The number of amides is 1. The van der Waals surface area contributed by atoms with E-state index in [1.54, 1.807) is 30.3 Å². The number of likely N-dealkylation sites (tertiary alicyclic amines) is 1. The highest BCUT2D eigenvalue weighted by Crippen LogP contribution is 2.15. The van der Waals surface area contributed by atoms with Gasteiger partial charge in [-0.05, 0) is 32.9 Å². The predicted molar refractivity (Wildman–Crippen MR) is 103 cm³/mol. The van der Waals surface area contributed by atoms with E-state index in [4.69, 9.17) is 0 Å². The number of rotatable bonds is 7. The van der Waals surface area contributed by atoms with Gasteiger partial charge in [0.1, 0.15) is 11.6 Å². The summed E-state index contributed by atoms with van der Waals surface area (Å²) in [5.41, 5.74) is 0. The van der Waals surface area contributed by atoms with Crippen LogP contribution in [0.1, 0.15) is 29.7 Å². The molecule has 1 aliphatic heterocycles. The number of aliphatic imine (C=N–C) groups is 1. The Kier molecular flexibility index (Phi) is 7.64. The predicted octanol–water partition coefficient (Wildman–Crippen LogP) is 1.06. The highest BCUT2D eigenvalue weighted by molar-refractivity contribution is 7.11. The van der Waals surface area contributed by atoms with Gasteiger partial charge in [0.25, 0.3) is 0 Å².